The van der Waals surface area contributed by atoms with Gasteiger partial charge in [-0.15, -0.1) is 0 Å². The summed E-state index contributed by atoms with van der Waals surface area (Å²) in [6.45, 7) is 3.81. The summed E-state index contributed by atoms with van der Waals surface area (Å²) >= 11 is 6.11. The molecule has 0 saturated carbocycles. The van der Waals surface area contributed by atoms with Gasteiger partial charge in [0.05, 0.1) is 16.8 Å². The predicted molar refractivity (Wildman–Crippen MR) is 63.7 cm³/mol. The van der Waals surface area contributed by atoms with E-state index in [9.17, 15) is 0 Å². The van der Waals surface area contributed by atoms with Crippen LogP contribution in [-0.2, 0) is 4.74 Å². The number of hydrogen-bond donors (Lipinski definition) is 1. The van der Waals surface area contributed by atoms with Gasteiger partial charge in [-0.1, -0.05) is 23.7 Å². The number of ether oxygens (including phenoxy) is 1. The Hall–Kier alpha value is -0.730. The van der Waals surface area contributed by atoms with Gasteiger partial charge in [0.1, 0.15) is 0 Å². The van der Waals surface area contributed by atoms with E-state index < -0.39 is 0 Å². The zero-order valence-corrected chi connectivity index (χ0v) is 9.68. The van der Waals surface area contributed by atoms with E-state index in [0.717, 1.165) is 30.3 Å². The molecular formula is C12H16ClNO. The molecule has 15 heavy (non-hydrogen) atoms. The van der Waals surface area contributed by atoms with Crippen LogP contribution in [0, 0.1) is 6.92 Å². The van der Waals surface area contributed by atoms with Crippen LogP contribution in [0.25, 0.3) is 0 Å². The van der Waals surface area contributed by atoms with E-state index in [1.54, 1.807) is 0 Å². The molecule has 3 heteroatoms. The Kier molecular flexibility index (Phi) is 3.49. The molecule has 0 aliphatic carbocycles. The summed E-state index contributed by atoms with van der Waals surface area (Å²) < 4.78 is 5.55. The van der Waals surface area contributed by atoms with Crippen LogP contribution in [0.5, 0.6) is 0 Å². The third-order valence-electron chi connectivity index (χ3n) is 2.75. The van der Waals surface area contributed by atoms with Gasteiger partial charge >= 0.3 is 0 Å². The highest BCUT2D eigenvalue weighted by atomic mass is 35.5. The van der Waals surface area contributed by atoms with Crippen molar-refractivity contribution in [3.63, 3.8) is 0 Å². The lowest BCUT2D eigenvalue weighted by Gasteiger charge is -2.14. The predicted octanol–water partition coefficient (Wildman–Crippen LogP) is 3.24. The van der Waals surface area contributed by atoms with Crippen molar-refractivity contribution in [1.29, 1.82) is 0 Å². The van der Waals surface area contributed by atoms with E-state index in [4.69, 9.17) is 16.3 Å². The molecule has 1 saturated heterocycles. The van der Waals surface area contributed by atoms with Crippen molar-refractivity contribution in [2.24, 2.45) is 0 Å². The van der Waals surface area contributed by atoms with Crippen molar-refractivity contribution in [1.82, 2.24) is 0 Å². The summed E-state index contributed by atoms with van der Waals surface area (Å²) in [7, 11) is 0. The fraction of sp³-hybridized carbons (Fsp3) is 0.500. The number of benzene rings is 1. The minimum absolute atomic E-state index is 0.348. The molecule has 1 aliphatic rings. The third-order valence-corrected chi connectivity index (χ3v) is 3.07. The fourth-order valence-electron chi connectivity index (χ4n) is 1.88. The second-order valence-corrected chi connectivity index (χ2v) is 4.35. The molecular weight excluding hydrogens is 210 g/mol. The quantitative estimate of drug-likeness (QED) is 0.853. The van der Waals surface area contributed by atoms with Crippen molar-refractivity contribution in [2.75, 3.05) is 18.5 Å². The van der Waals surface area contributed by atoms with Crippen LogP contribution in [0.1, 0.15) is 18.4 Å². The summed E-state index contributed by atoms with van der Waals surface area (Å²) in [5.74, 6) is 0. The number of hydrogen-bond acceptors (Lipinski definition) is 2. The summed E-state index contributed by atoms with van der Waals surface area (Å²) in [4.78, 5) is 0. The molecule has 0 bridgehead atoms. The minimum atomic E-state index is 0.348. The molecule has 0 radical (unpaired) electrons. The lowest BCUT2D eigenvalue weighted by atomic mass is 10.2. The molecule has 82 valence electrons. The smallest absolute Gasteiger partial charge is 0.0748 e. The van der Waals surface area contributed by atoms with E-state index in [-0.39, 0.29) is 0 Å². The Bertz CT molecular complexity index is 314. The zero-order chi connectivity index (χ0) is 10.7. The fourth-order valence-corrected chi connectivity index (χ4v) is 2.17. The van der Waals surface area contributed by atoms with Crippen molar-refractivity contribution < 1.29 is 4.74 Å². The lowest BCUT2D eigenvalue weighted by Crippen LogP contribution is -2.18. The van der Waals surface area contributed by atoms with Gasteiger partial charge in [-0.25, -0.2) is 0 Å². The number of halogens is 1. The normalized spacial score (nSPS) is 20.5. The van der Waals surface area contributed by atoms with Gasteiger partial charge in [0, 0.05) is 13.2 Å². The van der Waals surface area contributed by atoms with Crippen LogP contribution in [-0.4, -0.2) is 19.3 Å². The average Bonchev–Trinajstić information content (AvgIpc) is 2.70. The van der Waals surface area contributed by atoms with Crippen LogP contribution in [0.3, 0.4) is 0 Å². The monoisotopic (exact) mass is 225 g/mol. The Balaban J connectivity index is 1.97. The minimum Gasteiger partial charge on any atom is -0.381 e. The number of nitrogens with one attached hydrogen (secondary N) is 1. The third kappa shape index (κ3) is 2.64. The molecule has 1 atom stereocenters. The van der Waals surface area contributed by atoms with Crippen LogP contribution in [0.2, 0.25) is 5.02 Å². The first-order valence-electron chi connectivity index (χ1n) is 5.38. The SMILES string of the molecule is Cc1cccc(Cl)c1NCC1CCCO1. The first-order valence-corrected chi connectivity index (χ1v) is 5.76. The number of rotatable bonds is 3. The number of para-hydroxylation sites is 1. The van der Waals surface area contributed by atoms with E-state index >= 15 is 0 Å². The van der Waals surface area contributed by atoms with Gasteiger partial charge in [0.2, 0.25) is 0 Å². The first kappa shape index (κ1) is 10.8. The Morgan fingerprint density at radius 3 is 3.07 bits per heavy atom. The van der Waals surface area contributed by atoms with Crippen LogP contribution in [0.4, 0.5) is 5.69 Å². The highest BCUT2D eigenvalue weighted by Gasteiger charge is 2.15. The van der Waals surface area contributed by atoms with E-state index in [1.165, 1.54) is 12.0 Å². The second-order valence-electron chi connectivity index (χ2n) is 3.95. The Morgan fingerprint density at radius 1 is 1.53 bits per heavy atom. The zero-order valence-electron chi connectivity index (χ0n) is 8.92. The van der Waals surface area contributed by atoms with Gasteiger partial charge in [-0.2, -0.15) is 0 Å². The molecule has 1 unspecified atom stereocenters. The highest BCUT2D eigenvalue weighted by Crippen LogP contribution is 2.25. The summed E-state index contributed by atoms with van der Waals surface area (Å²) in [5.41, 5.74) is 2.22. The second kappa shape index (κ2) is 4.86. The van der Waals surface area contributed by atoms with Gasteiger partial charge in [0.15, 0.2) is 0 Å². The van der Waals surface area contributed by atoms with E-state index in [0.29, 0.717) is 6.10 Å². The van der Waals surface area contributed by atoms with Gasteiger partial charge in [-0.3, -0.25) is 0 Å². The van der Waals surface area contributed by atoms with Gasteiger partial charge in [0.25, 0.3) is 0 Å². The van der Waals surface area contributed by atoms with Gasteiger partial charge < -0.3 is 10.1 Å². The average molecular weight is 226 g/mol. The summed E-state index contributed by atoms with van der Waals surface area (Å²) in [6, 6.07) is 5.94. The number of aryl methyl sites for hydroxylation is 1. The number of anilines is 1. The Morgan fingerprint density at radius 2 is 2.40 bits per heavy atom. The standard InChI is InChI=1S/C12H16ClNO/c1-9-4-2-6-11(13)12(9)14-8-10-5-3-7-15-10/h2,4,6,10,14H,3,5,7-8H2,1H3. The van der Waals surface area contributed by atoms with Gasteiger partial charge in [-0.05, 0) is 31.4 Å². The molecule has 1 fully saturated rings. The summed E-state index contributed by atoms with van der Waals surface area (Å²) in [6.07, 6.45) is 2.67. The first-order chi connectivity index (χ1) is 7.27. The van der Waals surface area contributed by atoms with Crippen molar-refractivity contribution in [3.8, 4) is 0 Å². The van der Waals surface area contributed by atoms with Crippen LogP contribution in [0.15, 0.2) is 18.2 Å². The maximum atomic E-state index is 6.11. The summed E-state index contributed by atoms with van der Waals surface area (Å²) in [5, 5.41) is 4.15. The van der Waals surface area contributed by atoms with Crippen LogP contribution >= 0.6 is 11.6 Å². The van der Waals surface area contributed by atoms with E-state index in [1.807, 2.05) is 12.1 Å². The van der Waals surface area contributed by atoms with Crippen LogP contribution < -0.4 is 5.32 Å². The topological polar surface area (TPSA) is 21.3 Å². The molecule has 1 N–H and O–H groups in total. The molecule has 1 aromatic carbocycles. The van der Waals surface area contributed by atoms with Crippen molar-refractivity contribution in [2.45, 2.75) is 25.9 Å². The molecule has 1 aromatic rings. The molecule has 2 nitrogen and oxygen atoms in total. The largest absolute Gasteiger partial charge is 0.381 e. The molecule has 1 heterocycles. The lowest BCUT2D eigenvalue weighted by molar-refractivity contribution is 0.120. The maximum Gasteiger partial charge on any atom is 0.0748 e. The van der Waals surface area contributed by atoms with Crippen molar-refractivity contribution in [3.05, 3.63) is 28.8 Å². The maximum absolute atomic E-state index is 6.11. The Labute approximate surface area is 95.6 Å². The molecule has 0 aromatic heterocycles. The van der Waals surface area contributed by atoms with Crippen molar-refractivity contribution >= 4 is 17.3 Å². The molecule has 1 aliphatic heterocycles. The molecule has 2 rings (SSSR count). The molecule has 0 spiro atoms. The molecule has 0 amide bonds. The van der Waals surface area contributed by atoms with E-state index in [2.05, 4.69) is 18.3 Å². The highest BCUT2D eigenvalue weighted by molar-refractivity contribution is 6.33.